The van der Waals surface area contributed by atoms with Crippen molar-refractivity contribution in [3.8, 4) is 0 Å². The summed E-state index contributed by atoms with van der Waals surface area (Å²) in [5, 5.41) is 1.17. The maximum absolute atomic E-state index is 6.04. The molecular formula is C11H13Cl2NO. The molecule has 0 aromatic heterocycles. The van der Waals surface area contributed by atoms with Crippen molar-refractivity contribution in [3.63, 3.8) is 0 Å². The van der Waals surface area contributed by atoms with Crippen molar-refractivity contribution in [2.24, 2.45) is 5.73 Å². The molecule has 1 aromatic carbocycles. The van der Waals surface area contributed by atoms with Crippen molar-refractivity contribution < 1.29 is 4.74 Å². The van der Waals surface area contributed by atoms with Gasteiger partial charge in [0.25, 0.3) is 0 Å². The second-order valence-corrected chi connectivity index (χ2v) is 3.86. The molecule has 0 amide bonds. The molecule has 2 nitrogen and oxygen atoms in total. The monoisotopic (exact) mass is 245 g/mol. The van der Waals surface area contributed by atoms with Crippen LogP contribution in [0.1, 0.15) is 11.7 Å². The van der Waals surface area contributed by atoms with Gasteiger partial charge < -0.3 is 10.5 Å². The molecule has 1 atom stereocenters. The van der Waals surface area contributed by atoms with Gasteiger partial charge in [-0.15, -0.1) is 6.58 Å². The van der Waals surface area contributed by atoms with E-state index >= 15 is 0 Å². The van der Waals surface area contributed by atoms with Crippen LogP contribution in [0.4, 0.5) is 0 Å². The topological polar surface area (TPSA) is 35.2 Å². The highest BCUT2D eigenvalue weighted by Crippen LogP contribution is 2.27. The molecule has 2 N–H and O–H groups in total. The van der Waals surface area contributed by atoms with Crippen LogP contribution in [0.25, 0.3) is 0 Å². The van der Waals surface area contributed by atoms with Crippen LogP contribution in [0.3, 0.4) is 0 Å². The second kappa shape index (κ2) is 6.13. The summed E-state index contributed by atoms with van der Waals surface area (Å²) in [4.78, 5) is 0. The van der Waals surface area contributed by atoms with Gasteiger partial charge in [0, 0.05) is 22.2 Å². The van der Waals surface area contributed by atoms with Crippen molar-refractivity contribution >= 4 is 23.2 Å². The minimum atomic E-state index is -0.215. The van der Waals surface area contributed by atoms with Gasteiger partial charge in [-0.1, -0.05) is 35.3 Å². The zero-order valence-electron chi connectivity index (χ0n) is 8.25. The summed E-state index contributed by atoms with van der Waals surface area (Å²) in [5.74, 6) is 0. The zero-order valence-corrected chi connectivity index (χ0v) is 9.76. The molecule has 0 bridgehead atoms. The molecule has 1 rings (SSSR count). The van der Waals surface area contributed by atoms with E-state index in [1.165, 1.54) is 0 Å². The summed E-state index contributed by atoms with van der Waals surface area (Å²) in [6.07, 6.45) is 1.46. The normalized spacial score (nSPS) is 12.5. The second-order valence-electron chi connectivity index (χ2n) is 3.01. The standard InChI is InChI=1S/C11H13Cl2NO/c1-2-5-15-11(7-14)9-4-3-8(12)6-10(9)13/h2-4,6,11H,1,5,7,14H2. The average molecular weight is 246 g/mol. The lowest BCUT2D eigenvalue weighted by atomic mass is 10.1. The molecule has 0 aliphatic rings. The minimum Gasteiger partial charge on any atom is -0.368 e. The van der Waals surface area contributed by atoms with Crippen molar-refractivity contribution in [3.05, 3.63) is 46.5 Å². The Balaban J connectivity index is 2.86. The Morgan fingerprint density at radius 2 is 2.20 bits per heavy atom. The van der Waals surface area contributed by atoms with Gasteiger partial charge in [0.05, 0.1) is 12.7 Å². The number of hydrogen-bond acceptors (Lipinski definition) is 2. The van der Waals surface area contributed by atoms with E-state index in [2.05, 4.69) is 6.58 Å². The van der Waals surface area contributed by atoms with Crippen LogP contribution in [-0.4, -0.2) is 13.2 Å². The molecule has 82 valence electrons. The fraction of sp³-hybridized carbons (Fsp3) is 0.273. The first kappa shape index (κ1) is 12.5. The molecule has 0 saturated heterocycles. The van der Waals surface area contributed by atoms with Gasteiger partial charge in [-0.2, -0.15) is 0 Å². The Bertz CT molecular complexity index is 341. The average Bonchev–Trinajstić information content (AvgIpc) is 2.21. The first-order chi connectivity index (χ1) is 7.19. The van der Waals surface area contributed by atoms with E-state index in [0.29, 0.717) is 23.2 Å². The summed E-state index contributed by atoms with van der Waals surface area (Å²) in [7, 11) is 0. The molecule has 0 heterocycles. The number of ether oxygens (including phenoxy) is 1. The summed E-state index contributed by atoms with van der Waals surface area (Å²) in [5.41, 5.74) is 6.45. The predicted octanol–water partition coefficient (Wildman–Crippen LogP) is 3.20. The van der Waals surface area contributed by atoms with Crippen LogP contribution >= 0.6 is 23.2 Å². The molecule has 0 fully saturated rings. The quantitative estimate of drug-likeness (QED) is 0.809. The van der Waals surface area contributed by atoms with E-state index in [1.807, 2.05) is 6.07 Å². The number of benzene rings is 1. The first-order valence-corrected chi connectivity index (χ1v) is 5.32. The maximum atomic E-state index is 6.04. The summed E-state index contributed by atoms with van der Waals surface area (Å²) in [6.45, 7) is 4.39. The van der Waals surface area contributed by atoms with Crippen LogP contribution in [0, 0.1) is 0 Å². The van der Waals surface area contributed by atoms with Crippen LogP contribution in [0.15, 0.2) is 30.9 Å². The Hall–Kier alpha value is -0.540. The summed E-state index contributed by atoms with van der Waals surface area (Å²) < 4.78 is 5.48. The van der Waals surface area contributed by atoms with Crippen molar-refractivity contribution in [2.75, 3.05) is 13.2 Å². The molecule has 0 saturated carbocycles. The Labute approximate surface area is 99.6 Å². The zero-order chi connectivity index (χ0) is 11.3. The number of halogens is 2. The number of rotatable bonds is 5. The third-order valence-corrected chi connectivity index (χ3v) is 2.50. The molecule has 0 aliphatic heterocycles. The first-order valence-electron chi connectivity index (χ1n) is 4.56. The van der Waals surface area contributed by atoms with Crippen molar-refractivity contribution in [1.29, 1.82) is 0 Å². The van der Waals surface area contributed by atoms with E-state index in [1.54, 1.807) is 18.2 Å². The molecule has 0 spiro atoms. The van der Waals surface area contributed by atoms with Crippen LogP contribution in [-0.2, 0) is 4.74 Å². The van der Waals surface area contributed by atoms with Gasteiger partial charge >= 0.3 is 0 Å². The summed E-state index contributed by atoms with van der Waals surface area (Å²) >= 11 is 11.8. The maximum Gasteiger partial charge on any atom is 0.0965 e. The van der Waals surface area contributed by atoms with Gasteiger partial charge in [-0.25, -0.2) is 0 Å². The largest absolute Gasteiger partial charge is 0.368 e. The van der Waals surface area contributed by atoms with Gasteiger partial charge in [0.1, 0.15) is 0 Å². The van der Waals surface area contributed by atoms with E-state index in [4.69, 9.17) is 33.7 Å². The Kier molecular flexibility index (Phi) is 5.12. The van der Waals surface area contributed by atoms with Crippen LogP contribution in [0.2, 0.25) is 10.0 Å². The van der Waals surface area contributed by atoms with Crippen molar-refractivity contribution in [2.45, 2.75) is 6.10 Å². The van der Waals surface area contributed by atoms with Gasteiger partial charge in [0.15, 0.2) is 0 Å². The van der Waals surface area contributed by atoms with E-state index in [-0.39, 0.29) is 6.10 Å². The highest BCUT2D eigenvalue weighted by molar-refractivity contribution is 6.35. The molecule has 1 aromatic rings. The minimum absolute atomic E-state index is 0.215. The van der Waals surface area contributed by atoms with Gasteiger partial charge in [0.2, 0.25) is 0 Å². The molecular weight excluding hydrogens is 233 g/mol. The lowest BCUT2D eigenvalue weighted by Crippen LogP contribution is -2.16. The molecule has 4 heteroatoms. The van der Waals surface area contributed by atoms with Crippen LogP contribution in [0.5, 0.6) is 0 Å². The molecule has 0 aliphatic carbocycles. The molecule has 0 radical (unpaired) electrons. The Morgan fingerprint density at radius 3 is 2.73 bits per heavy atom. The van der Waals surface area contributed by atoms with E-state index < -0.39 is 0 Å². The predicted molar refractivity (Wildman–Crippen MR) is 64.4 cm³/mol. The SMILES string of the molecule is C=CCOC(CN)c1ccc(Cl)cc1Cl. The van der Waals surface area contributed by atoms with Gasteiger partial charge in [-0.05, 0) is 12.1 Å². The summed E-state index contributed by atoms with van der Waals surface area (Å²) in [6, 6.07) is 5.27. The fourth-order valence-corrected chi connectivity index (χ4v) is 1.76. The third kappa shape index (κ3) is 3.50. The Morgan fingerprint density at radius 1 is 1.47 bits per heavy atom. The number of nitrogens with two attached hydrogens (primary N) is 1. The van der Waals surface area contributed by atoms with E-state index in [9.17, 15) is 0 Å². The smallest absolute Gasteiger partial charge is 0.0965 e. The van der Waals surface area contributed by atoms with Gasteiger partial charge in [-0.3, -0.25) is 0 Å². The number of hydrogen-bond donors (Lipinski definition) is 1. The third-order valence-electron chi connectivity index (χ3n) is 1.94. The van der Waals surface area contributed by atoms with Crippen molar-refractivity contribution in [1.82, 2.24) is 0 Å². The lowest BCUT2D eigenvalue weighted by Gasteiger charge is -2.16. The van der Waals surface area contributed by atoms with Crippen LogP contribution < -0.4 is 5.73 Å². The highest BCUT2D eigenvalue weighted by atomic mass is 35.5. The lowest BCUT2D eigenvalue weighted by molar-refractivity contribution is 0.0809. The molecule has 1 unspecified atom stereocenters. The van der Waals surface area contributed by atoms with E-state index in [0.717, 1.165) is 5.56 Å². The highest BCUT2D eigenvalue weighted by Gasteiger charge is 2.13. The fourth-order valence-electron chi connectivity index (χ4n) is 1.23. The molecule has 15 heavy (non-hydrogen) atoms.